The van der Waals surface area contributed by atoms with Gasteiger partial charge < -0.3 is 16.0 Å². The number of amides is 3. The molecule has 1 unspecified atom stereocenters. The van der Waals surface area contributed by atoms with E-state index in [1.165, 1.54) is 0 Å². The molecule has 29 heavy (non-hydrogen) atoms. The normalized spacial score (nSPS) is 11.4. The first-order valence-corrected chi connectivity index (χ1v) is 10.2. The number of carbonyl (C=O) groups is 2. The maximum absolute atomic E-state index is 12.5. The number of thiophene rings is 1. The molecule has 7 heteroatoms. The van der Waals surface area contributed by atoms with Crippen LogP contribution in [0.1, 0.15) is 11.1 Å². The van der Waals surface area contributed by atoms with E-state index in [0.717, 1.165) is 21.2 Å². The molecule has 0 fully saturated rings. The number of hydrogen-bond acceptors (Lipinski definition) is 4. The number of nitriles is 1. The van der Waals surface area contributed by atoms with E-state index in [1.54, 1.807) is 11.3 Å². The highest BCUT2D eigenvalue weighted by atomic mass is 32.1. The molecule has 3 rings (SSSR count). The Balaban J connectivity index is 1.62. The van der Waals surface area contributed by atoms with E-state index < -0.39 is 12.1 Å². The average Bonchev–Trinajstić information content (AvgIpc) is 3.15. The number of nitrogens with one attached hydrogen (secondary N) is 3. The van der Waals surface area contributed by atoms with Crippen LogP contribution >= 0.6 is 11.3 Å². The van der Waals surface area contributed by atoms with E-state index in [-0.39, 0.29) is 12.5 Å². The Labute approximate surface area is 173 Å². The first-order valence-electron chi connectivity index (χ1n) is 9.35. The molecule has 0 aliphatic carbocycles. The summed E-state index contributed by atoms with van der Waals surface area (Å²) in [7, 11) is 0. The van der Waals surface area contributed by atoms with E-state index in [2.05, 4.69) is 16.0 Å². The molecule has 1 atom stereocenters. The molecule has 1 heterocycles. The summed E-state index contributed by atoms with van der Waals surface area (Å²) in [6, 6.07) is 18.5. The number of rotatable bonds is 8. The summed E-state index contributed by atoms with van der Waals surface area (Å²) >= 11 is 1.60. The van der Waals surface area contributed by atoms with Crippen LogP contribution < -0.4 is 16.0 Å². The molecule has 0 aliphatic heterocycles. The van der Waals surface area contributed by atoms with Crippen molar-refractivity contribution >= 4 is 33.4 Å². The van der Waals surface area contributed by atoms with Crippen LogP contribution in [0.3, 0.4) is 0 Å². The minimum atomic E-state index is -0.766. The molecule has 0 aliphatic rings. The second-order valence-corrected chi connectivity index (χ2v) is 7.44. The second kappa shape index (κ2) is 10.2. The predicted octanol–water partition coefficient (Wildman–Crippen LogP) is 2.99. The lowest BCUT2D eigenvalue weighted by Gasteiger charge is -2.18. The third-order valence-corrected chi connectivity index (χ3v) is 5.50. The van der Waals surface area contributed by atoms with Gasteiger partial charge in [0.25, 0.3) is 0 Å². The highest BCUT2D eigenvalue weighted by molar-refractivity contribution is 7.17. The monoisotopic (exact) mass is 406 g/mol. The standard InChI is InChI=1S/C22H22N4O2S/c23-11-13-24-21(27)19(14-17-15-29-20-9-5-4-8-18(17)20)26-22(28)25-12-10-16-6-2-1-3-7-16/h1-9,15,19H,10,12-14H2,(H,24,27)(H2,25,26,28). The molecule has 0 saturated carbocycles. The van der Waals surface area contributed by atoms with Crippen molar-refractivity contribution in [3.05, 3.63) is 71.1 Å². The van der Waals surface area contributed by atoms with Crippen molar-refractivity contribution in [2.75, 3.05) is 13.1 Å². The van der Waals surface area contributed by atoms with E-state index >= 15 is 0 Å². The first-order chi connectivity index (χ1) is 14.2. The molecule has 2 aromatic carbocycles. The summed E-state index contributed by atoms with van der Waals surface area (Å²) in [4.78, 5) is 24.8. The van der Waals surface area contributed by atoms with Crippen LogP contribution in [0, 0.1) is 11.3 Å². The number of hydrogen-bond donors (Lipinski definition) is 3. The zero-order chi connectivity index (χ0) is 20.5. The fourth-order valence-electron chi connectivity index (χ4n) is 3.04. The minimum absolute atomic E-state index is 0.100. The molecule has 0 spiro atoms. The lowest BCUT2D eigenvalue weighted by atomic mass is 10.0. The van der Waals surface area contributed by atoms with Crippen LogP contribution in [0.15, 0.2) is 60.0 Å². The third-order valence-electron chi connectivity index (χ3n) is 4.49. The summed E-state index contributed by atoms with van der Waals surface area (Å²) in [6.07, 6.45) is 1.06. The van der Waals surface area contributed by atoms with Gasteiger partial charge in [-0.1, -0.05) is 48.5 Å². The van der Waals surface area contributed by atoms with Crippen LogP contribution in [0.4, 0.5) is 4.79 Å². The summed E-state index contributed by atoms with van der Waals surface area (Å²) in [6.45, 7) is 0.362. The summed E-state index contributed by atoms with van der Waals surface area (Å²) in [5, 5.41) is 19.9. The van der Waals surface area contributed by atoms with Gasteiger partial charge in [-0.25, -0.2) is 4.79 Å². The fraction of sp³-hybridized carbons (Fsp3) is 0.227. The van der Waals surface area contributed by atoms with E-state index in [1.807, 2.05) is 66.0 Å². The topological polar surface area (TPSA) is 94.0 Å². The van der Waals surface area contributed by atoms with Gasteiger partial charge in [-0.3, -0.25) is 4.79 Å². The second-order valence-electron chi connectivity index (χ2n) is 6.53. The minimum Gasteiger partial charge on any atom is -0.341 e. The first kappa shape index (κ1) is 20.4. The number of carbonyl (C=O) groups excluding carboxylic acids is 2. The van der Waals surface area contributed by atoms with Crippen molar-refractivity contribution in [1.82, 2.24) is 16.0 Å². The molecule has 3 N–H and O–H groups in total. The Bertz CT molecular complexity index is 1010. The average molecular weight is 407 g/mol. The molecule has 3 amide bonds. The van der Waals surface area contributed by atoms with Gasteiger partial charge in [-0.05, 0) is 34.4 Å². The molecular formula is C22H22N4O2S. The van der Waals surface area contributed by atoms with Gasteiger partial charge in [0, 0.05) is 17.7 Å². The van der Waals surface area contributed by atoms with Crippen LogP contribution in [0.5, 0.6) is 0 Å². The van der Waals surface area contributed by atoms with Gasteiger partial charge in [0.2, 0.25) is 5.91 Å². The van der Waals surface area contributed by atoms with E-state index in [9.17, 15) is 9.59 Å². The Morgan fingerprint density at radius 1 is 1.03 bits per heavy atom. The van der Waals surface area contributed by atoms with Crippen molar-refractivity contribution < 1.29 is 9.59 Å². The van der Waals surface area contributed by atoms with Gasteiger partial charge in [-0.2, -0.15) is 5.26 Å². The van der Waals surface area contributed by atoms with Crippen LogP contribution in [0.25, 0.3) is 10.1 Å². The fourth-order valence-corrected chi connectivity index (χ4v) is 4.02. The molecular weight excluding hydrogens is 384 g/mol. The van der Waals surface area contributed by atoms with Crippen LogP contribution in [0.2, 0.25) is 0 Å². The van der Waals surface area contributed by atoms with Gasteiger partial charge in [0.15, 0.2) is 0 Å². The Kier molecular flexibility index (Phi) is 7.20. The number of benzene rings is 2. The molecule has 1 aromatic heterocycles. The molecule has 0 bridgehead atoms. The molecule has 6 nitrogen and oxygen atoms in total. The molecule has 0 saturated heterocycles. The lowest BCUT2D eigenvalue weighted by molar-refractivity contribution is -0.122. The summed E-state index contributed by atoms with van der Waals surface area (Å²) < 4.78 is 1.13. The lowest BCUT2D eigenvalue weighted by Crippen LogP contribution is -2.51. The number of urea groups is 1. The Morgan fingerprint density at radius 3 is 2.59 bits per heavy atom. The largest absolute Gasteiger partial charge is 0.341 e. The maximum atomic E-state index is 12.5. The van der Waals surface area contributed by atoms with Crippen LogP contribution in [-0.2, 0) is 17.6 Å². The van der Waals surface area contributed by atoms with Gasteiger partial charge in [-0.15, -0.1) is 11.3 Å². The third kappa shape index (κ3) is 5.80. The quantitative estimate of drug-likeness (QED) is 0.502. The summed E-state index contributed by atoms with van der Waals surface area (Å²) in [5.41, 5.74) is 2.12. The van der Waals surface area contributed by atoms with Gasteiger partial charge in [0.1, 0.15) is 12.6 Å². The smallest absolute Gasteiger partial charge is 0.315 e. The van der Waals surface area contributed by atoms with Crippen molar-refractivity contribution in [3.8, 4) is 6.07 Å². The summed E-state index contributed by atoms with van der Waals surface area (Å²) in [5.74, 6) is -0.375. The van der Waals surface area contributed by atoms with E-state index in [4.69, 9.17) is 5.26 Å². The molecule has 3 aromatic rings. The van der Waals surface area contributed by atoms with Crippen molar-refractivity contribution in [2.45, 2.75) is 18.9 Å². The van der Waals surface area contributed by atoms with Gasteiger partial charge in [0.05, 0.1) is 6.07 Å². The predicted molar refractivity (Wildman–Crippen MR) is 115 cm³/mol. The Hall–Kier alpha value is -3.37. The highest BCUT2D eigenvalue weighted by Crippen LogP contribution is 2.26. The highest BCUT2D eigenvalue weighted by Gasteiger charge is 2.22. The SMILES string of the molecule is N#CCNC(=O)C(Cc1csc2ccccc12)NC(=O)NCCc1ccccc1. The van der Waals surface area contributed by atoms with Crippen molar-refractivity contribution in [2.24, 2.45) is 0 Å². The number of fused-ring (bicyclic) bond motifs is 1. The number of nitrogens with zero attached hydrogens (tertiary/aromatic N) is 1. The van der Waals surface area contributed by atoms with E-state index in [0.29, 0.717) is 19.4 Å². The maximum Gasteiger partial charge on any atom is 0.315 e. The van der Waals surface area contributed by atoms with Gasteiger partial charge >= 0.3 is 6.03 Å². The Morgan fingerprint density at radius 2 is 1.79 bits per heavy atom. The van der Waals surface area contributed by atoms with Crippen LogP contribution in [-0.4, -0.2) is 31.1 Å². The molecule has 148 valence electrons. The molecule has 0 radical (unpaired) electrons. The van der Waals surface area contributed by atoms with Crippen molar-refractivity contribution in [3.63, 3.8) is 0 Å². The van der Waals surface area contributed by atoms with Crippen molar-refractivity contribution in [1.29, 1.82) is 5.26 Å². The zero-order valence-electron chi connectivity index (χ0n) is 15.9. The zero-order valence-corrected chi connectivity index (χ0v) is 16.7.